The van der Waals surface area contributed by atoms with Gasteiger partial charge < -0.3 is 4.98 Å². The molecule has 0 saturated carbocycles. The molecular weight excluding hydrogens is 262 g/mol. The molecule has 0 spiro atoms. The van der Waals surface area contributed by atoms with Gasteiger partial charge in [-0.1, -0.05) is 23.3 Å². The Morgan fingerprint density at radius 3 is 3.00 bits per heavy atom. The van der Waals surface area contributed by atoms with Crippen molar-refractivity contribution >= 4 is 22.7 Å². The zero-order valence-electron chi connectivity index (χ0n) is 10.2. The van der Waals surface area contributed by atoms with Gasteiger partial charge in [-0.3, -0.25) is 14.9 Å². The summed E-state index contributed by atoms with van der Waals surface area (Å²) in [6.07, 6.45) is 4.39. The van der Waals surface area contributed by atoms with E-state index in [0.717, 1.165) is 6.20 Å². The van der Waals surface area contributed by atoms with Gasteiger partial charge in [-0.2, -0.15) is 0 Å². The van der Waals surface area contributed by atoms with Crippen LogP contribution in [-0.2, 0) is 0 Å². The van der Waals surface area contributed by atoms with E-state index in [1.807, 2.05) is 0 Å². The summed E-state index contributed by atoms with van der Waals surface area (Å²) in [6, 6.07) is 4.96. The summed E-state index contributed by atoms with van der Waals surface area (Å²) >= 11 is 0. The number of H-pyrrole nitrogens is 1. The Morgan fingerprint density at radius 2 is 2.30 bits per heavy atom. The third kappa shape index (κ3) is 2.65. The lowest BCUT2D eigenvalue weighted by molar-refractivity contribution is -0.386. The van der Waals surface area contributed by atoms with Gasteiger partial charge in [-0.25, -0.2) is 0 Å². The van der Waals surface area contributed by atoms with Crippen molar-refractivity contribution in [1.82, 2.24) is 4.98 Å². The Hall–Kier alpha value is -3.12. The van der Waals surface area contributed by atoms with E-state index < -0.39 is 16.0 Å². The van der Waals surface area contributed by atoms with Crippen LogP contribution in [0.3, 0.4) is 0 Å². The second-order valence-corrected chi connectivity index (χ2v) is 3.88. The van der Waals surface area contributed by atoms with Crippen LogP contribution in [-0.4, -0.2) is 16.5 Å². The van der Waals surface area contributed by atoms with Gasteiger partial charge in [0.05, 0.1) is 16.5 Å². The predicted octanol–water partition coefficient (Wildman–Crippen LogP) is 2.76. The minimum Gasteiger partial charge on any atom is -0.355 e. The van der Waals surface area contributed by atoms with Crippen LogP contribution < -0.4 is 5.43 Å². The number of azide groups is 1. The monoisotopic (exact) mass is 271 g/mol. The summed E-state index contributed by atoms with van der Waals surface area (Å²) in [5.41, 5.74) is 8.23. The highest BCUT2D eigenvalue weighted by molar-refractivity contribution is 5.82. The van der Waals surface area contributed by atoms with Crippen molar-refractivity contribution in [3.63, 3.8) is 0 Å². The number of rotatable bonds is 4. The summed E-state index contributed by atoms with van der Waals surface area (Å²) in [5, 5.41) is 14.3. The van der Waals surface area contributed by atoms with Crippen LogP contribution in [0.1, 0.15) is 5.56 Å². The zero-order valence-corrected chi connectivity index (χ0v) is 10.2. The Labute approximate surface area is 112 Å². The number of benzene rings is 1. The number of nitrogens with zero attached hydrogens (tertiary/aromatic N) is 4. The highest BCUT2D eigenvalue weighted by Crippen LogP contribution is 2.15. The van der Waals surface area contributed by atoms with E-state index in [1.165, 1.54) is 0 Å². The molecule has 0 fully saturated rings. The molecule has 0 atom stereocenters. The van der Waals surface area contributed by atoms with E-state index in [4.69, 9.17) is 5.53 Å². The number of fused-ring (bicyclic) bond motifs is 1. The Morgan fingerprint density at radius 1 is 1.50 bits per heavy atom. The molecule has 0 aliphatic rings. The van der Waals surface area contributed by atoms with Crippen molar-refractivity contribution < 1.29 is 4.92 Å². The molecule has 1 aromatic carbocycles. The van der Waals surface area contributed by atoms with Gasteiger partial charge in [0.1, 0.15) is 0 Å². The molecule has 1 aromatic heterocycles. The average molecular weight is 271 g/mol. The molecule has 8 nitrogen and oxygen atoms in total. The topological polar surface area (TPSA) is 125 Å². The molecule has 2 aromatic rings. The maximum Gasteiger partial charge on any atom is 0.332 e. The highest BCUT2D eigenvalue weighted by atomic mass is 16.6. The first kappa shape index (κ1) is 13.3. The second kappa shape index (κ2) is 5.68. The van der Waals surface area contributed by atoms with Gasteiger partial charge in [0, 0.05) is 17.0 Å². The molecule has 0 unspecified atom stereocenters. The molecule has 0 aliphatic heterocycles. The first-order valence-corrected chi connectivity index (χ1v) is 5.60. The van der Waals surface area contributed by atoms with Crippen LogP contribution in [0.5, 0.6) is 0 Å². The standard InChI is InChI=1S/C12H9N5O3/c13-16-15-5-1-2-8-3-4-10-9(6-8)12(18)11(7-14-10)17(19)20/h1-4,6-7H,5H2,(H,14,18). The van der Waals surface area contributed by atoms with E-state index in [9.17, 15) is 14.9 Å². The third-order valence-corrected chi connectivity index (χ3v) is 2.64. The van der Waals surface area contributed by atoms with Crippen LogP contribution in [0, 0.1) is 10.1 Å². The molecule has 1 N–H and O–H groups in total. The van der Waals surface area contributed by atoms with Gasteiger partial charge in [0.2, 0.25) is 0 Å². The molecule has 1 heterocycles. The van der Waals surface area contributed by atoms with Crippen molar-refractivity contribution in [1.29, 1.82) is 0 Å². The van der Waals surface area contributed by atoms with Crippen LogP contribution >= 0.6 is 0 Å². The van der Waals surface area contributed by atoms with Crippen molar-refractivity contribution in [2.45, 2.75) is 0 Å². The van der Waals surface area contributed by atoms with Gasteiger partial charge >= 0.3 is 5.69 Å². The molecule has 0 radical (unpaired) electrons. The molecule has 2 rings (SSSR count). The Kier molecular flexibility index (Phi) is 3.78. The number of aromatic amines is 1. The first-order valence-electron chi connectivity index (χ1n) is 5.60. The van der Waals surface area contributed by atoms with Crippen LogP contribution in [0.15, 0.2) is 40.4 Å². The molecule has 0 amide bonds. The van der Waals surface area contributed by atoms with E-state index >= 15 is 0 Å². The summed E-state index contributed by atoms with van der Waals surface area (Å²) < 4.78 is 0. The minimum absolute atomic E-state index is 0.194. The molecule has 100 valence electrons. The molecule has 0 bridgehead atoms. The molecule has 0 aliphatic carbocycles. The maximum atomic E-state index is 11.9. The lowest BCUT2D eigenvalue weighted by atomic mass is 10.1. The minimum atomic E-state index is -0.720. The summed E-state index contributed by atoms with van der Waals surface area (Å²) in [7, 11) is 0. The number of nitro groups is 1. The fourth-order valence-electron chi connectivity index (χ4n) is 1.74. The Balaban J connectivity index is 2.49. The lowest BCUT2D eigenvalue weighted by Crippen LogP contribution is -2.09. The SMILES string of the molecule is [N-]=[N+]=NCC=Cc1ccc2[nH]cc([N+](=O)[O-])c(=O)c2c1. The normalized spacial score (nSPS) is 10.6. The zero-order chi connectivity index (χ0) is 14.5. The number of nitrogens with one attached hydrogen (secondary N) is 1. The van der Waals surface area contributed by atoms with Gasteiger partial charge in [0.15, 0.2) is 0 Å². The van der Waals surface area contributed by atoms with E-state index in [-0.39, 0.29) is 11.9 Å². The number of hydrogen-bond acceptors (Lipinski definition) is 4. The third-order valence-electron chi connectivity index (χ3n) is 2.64. The molecular formula is C12H9N5O3. The van der Waals surface area contributed by atoms with Gasteiger partial charge in [0.25, 0.3) is 5.43 Å². The summed E-state index contributed by atoms with van der Waals surface area (Å²) in [4.78, 5) is 27.3. The van der Waals surface area contributed by atoms with Crippen LogP contribution in [0.2, 0.25) is 0 Å². The van der Waals surface area contributed by atoms with Gasteiger partial charge in [-0.05, 0) is 23.2 Å². The average Bonchev–Trinajstić information content (AvgIpc) is 2.44. The molecule has 0 saturated heterocycles. The fourth-order valence-corrected chi connectivity index (χ4v) is 1.74. The molecule has 20 heavy (non-hydrogen) atoms. The van der Waals surface area contributed by atoms with Gasteiger partial charge in [-0.15, -0.1) is 0 Å². The second-order valence-electron chi connectivity index (χ2n) is 3.88. The molecule has 8 heteroatoms. The fraction of sp³-hybridized carbons (Fsp3) is 0.0833. The van der Waals surface area contributed by atoms with E-state index in [0.29, 0.717) is 11.1 Å². The number of pyridine rings is 1. The first-order chi connectivity index (χ1) is 9.63. The van der Waals surface area contributed by atoms with Crippen LogP contribution in [0.4, 0.5) is 5.69 Å². The predicted molar refractivity (Wildman–Crippen MR) is 74.3 cm³/mol. The number of aromatic nitrogens is 1. The largest absolute Gasteiger partial charge is 0.355 e. The summed E-state index contributed by atoms with van der Waals surface area (Å²) in [6.45, 7) is 0.194. The maximum absolute atomic E-state index is 11.9. The smallest absolute Gasteiger partial charge is 0.332 e. The quantitative estimate of drug-likeness (QED) is 0.302. The van der Waals surface area contributed by atoms with Crippen molar-refractivity contribution in [2.75, 3.05) is 6.54 Å². The van der Waals surface area contributed by atoms with Crippen molar-refractivity contribution in [3.05, 3.63) is 66.8 Å². The lowest BCUT2D eigenvalue weighted by Gasteiger charge is -1.99. The number of hydrogen-bond donors (Lipinski definition) is 1. The van der Waals surface area contributed by atoms with E-state index in [2.05, 4.69) is 15.0 Å². The van der Waals surface area contributed by atoms with Crippen LogP contribution in [0.25, 0.3) is 27.4 Å². The Bertz CT molecular complexity index is 802. The van der Waals surface area contributed by atoms with E-state index in [1.54, 1.807) is 30.4 Å². The summed E-state index contributed by atoms with van der Waals surface area (Å²) in [5.74, 6) is 0. The highest BCUT2D eigenvalue weighted by Gasteiger charge is 2.14. The van der Waals surface area contributed by atoms with Crippen molar-refractivity contribution in [2.24, 2.45) is 5.11 Å². The van der Waals surface area contributed by atoms with Crippen molar-refractivity contribution in [3.8, 4) is 0 Å².